The average molecular weight is 376 g/mol. The maximum atomic E-state index is 12.3. The van der Waals surface area contributed by atoms with Crippen molar-refractivity contribution >= 4 is 42.1 Å². The number of amides is 1. The molecule has 2 unspecified atom stereocenters. The van der Waals surface area contributed by atoms with Crippen molar-refractivity contribution < 1.29 is 9.21 Å². The summed E-state index contributed by atoms with van der Waals surface area (Å²) in [5, 5.41) is 7.48. The minimum atomic E-state index is -0.0170. The van der Waals surface area contributed by atoms with Crippen LogP contribution in [0.4, 0.5) is 0 Å². The molecule has 2 saturated heterocycles. The molecule has 2 bridgehead atoms. The average Bonchev–Trinajstić information content (AvgIpc) is 3.18. The molecule has 2 N–H and O–H groups in total. The molecule has 2 fully saturated rings. The Morgan fingerprint density at radius 2 is 2.04 bits per heavy atom. The van der Waals surface area contributed by atoms with E-state index in [1.54, 1.807) is 12.5 Å². The number of nitrogens with one attached hydrogen (secondary N) is 2. The molecule has 8 heteroatoms. The van der Waals surface area contributed by atoms with Gasteiger partial charge in [-0.3, -0.25) is 4.79 Å². The van der Waals surface area contributed by atoms with E-state index in [4.69, 9.17) is 4.42 Å². The number of piperidine rings is 1. The molecule has 0 saturated carbocycles. The van der Waals surface area contributed by atoms with E-state index in [2.05, 4.69) is 15.6 Å². The lowest BCUT2D eigenvalue weighted by molar-refractivity contribution is 0.0928. The van der Waals surface area contributed by atoms with Crippen LogP contribution in [-0.4, -0.2) is 29.0 Å². The van der Waals surface area contributed by atoms with E-state index < -0.39 is 0 Å². The number of fused-ring (bicyclic) bond motifs is 2. The lowest BCUT2D eigenvalue weighted by Crippen LogP contribution is -2.47. The van der Waals surface area contributed by atoms with Gasteiger partial charge in [0.25, 0.3) is 5.91 Å². The van der Waals surface area contributed by atoms with Gasteiger partial charge in [-0.25, -0.2) is 4.98 Å². The summed E-state index contributed by atoms with van der Waals surface area (Å²) in [6.07, 6.45) is 7.79. The Balaban J connectivity index is 0.000000960. The molecular weight excluding hydrogens is 357 g/mol. The number of hydrogen-bond donors (Lipinski definition) is 2. The summed E-state index contributed by atoms with van der Waals surface area (Å²) in [6, 6.07) is 5.11. The van der Waals surface area contributed by atoms with Crippen molar-refractivity contribution in [2.75, 3.05) is 0 Å². The zero-order chi connectivity index (χ0) is 14.2. The van der Waals surface area contributed by atoms with Crippen LogP contribution in [0.2, 0.25) is 0 Å². The van der Waals surface area contributed by atoms with Crippen LogP contribution in [-0.2, 0) is 0 Å². The quantitative estimate of drug-likeness (QED) is 0.863. The second kappa shape index (κ2) is 7.66. The van der Waals surface area contributed by atoms with Gasteiger partial charge in [0, 0.05) is 18.1 Å². The third-order valence-electron chi connectivity index (χ3n) is 4.27. The maximum absolute atomic E-state index is 12.3. The van der Waals surface area contributed by atoms with Crippen molar-refractivity contribution in [2.24, 2.45) is 0 Å². The number of carbonyl (C=O) groups is 1. The normalized spacial score (nSPS) is 25.3. The molecule has 5 nitrogen and oxygen atoms in total. The molecule has 2 aliphatic rings. The van der Waals surface area contributed by atoms with E-state index in [9.17, 15) is 4.79 Å². The van der Waals surface area contributed by atoms with E-state index in [1.165, 1.54) is 24.2 Å². The van der Waals surface area contributed by atoms with Gasteiger partial charge in [-0.15, -0.1) is 36.2 Å². The van der Waals surface area contributed by atoms with Crippen molar-refractivity contribution in [2.45, 2.75) is 43.8 Å². The van der Waals surface area contributed by atoms with Gasteiger partial charge < -0.3 is 15.1 Å². The Hall–Kier alpha value is -1.08. The molecule has 2 aromatic rings. The number of carbonyl (C=O) groups excluding carboxylic acids is 1. The van der Waals surface area contributed by atoms with E-state index in [-0.39, 0.29) is 36.8 Å². The molecule has 4 rings (SSSR count). The number of nitrogens with zero attached hydrogens (tertiary/aromatic N) is 1. The van der Waals surface area contributed by atoms with Crippen LogP contribution >= 0.6 is 36.2 Å². The van der Waals surface area contributed by atoms with Crippen LogP contribution in [0.5, 0.6) is 0 Å². The molecule has 2 atom stereocenters. The molecule has 1 amide bonds. The van der Waals surface area contributed by atoms with Gasteiger partial charge >= 0.3 is 0 Å². The standard InChI is InChI=1S/C15H17N3O2S.2ClH/c19-14(18-11-6-9-3-4-10(7-11)17-9)13-8-16-15(21-13)12-2-1-5-20-12;;/h1-2,5,8-11,17H,3-4,6-7H2,(H,18,19);2*1H. The van der Waals surface area contributed by atoms with Crippen LogP contribution in [0.25, 0.3) is 10.8 Å². The summed E-state index contributed by atoms with van der Waals surface area (Å²) < 4.78 is 5.31. The summed E-state index contributed by atoms with van der Waals surface area (Å²) >= 11 is 1.37. The van der Waals surface area contributed by atoms with Gasteiger partial charge in [-0.05, 0) is 37.8 Å². The Labute approximate surface area is 151 Å². The predicted octanol–water partition coefficient (Wildman–Crippen LogP) is 3.26. The predicted molar refractivity (Wildman–Crippen MR) is 94.7 cm³/mol. The van der Waals surface area contributed by atoms with Crippen molar-refractivity contribution in [3.63, 3.8) is 0 Å². The monoisotopic (exact) mass is 375 g/mol. The zero-order valence-corrected chi connectivity index (χ0v) is 14.8. The summed E-state index contributed by atoms with van der Waals surface area (Å²) in [5.41, 5.74) is 0. The van der Waals surface area contributed by atoms with Crippen LogP contribution in [0.3, 0.4) is 0 Å². The molecular formula is C15H19Cl2N3O2S. The lowest BCUT2D eigenvalue weighted by atomic mass is 10.00. The van der Waals surface area contributed by atoms with Gasteiger partial charge in [0.2, 0.25) is 0 Å². The Morgan fingerprint density at radius 1 is 1.30 bits per heavy atom. The molecule has 0 radical (unpaired) electrons. The fourth-order valence-corrected chi connectivity index (χ4v) is 4.11. The fourth-order valence-electron chi connectivity index (χ4n) is 3.32. The fraction of sp³-hybridized carbons (Fsp3) is 0.467. The molecule has 0 aliphatic carbocycles. The Morgan fingerprint density at radius 3 is 2.70 bits per heavy atom. The highest BCUT2D eigenvalue weighted by atomic mass is 35.5. The van der Waals surface area contributed by atoms with Crippen molar-refractivity contribution in [3.8, 4) is 10.8 Å². The second-order valence-corrected chi connectivity index (χ2v) is 6.82. The largest absolute Gasteiger partial charge is 0.462 e. The molecule has 23 heavy (non-hydrogen) atoms. The number of rotatable bonds is 3. The summed E-state index contributed by atoms with van der Waals surface area (Å²) in [5.74, 6) is 0.690. The smallest absolute Gasteiger partial charge is 0.263 e. The van der Waals surface area contributed by atoms with E-state index in [1.807, 2.05) is 12.1 Å². The highest BCUT2D eigenvalue weighted by Crippen LogP contribution is 2.28. The Kier molecular flexibility index (Phi) is 6.08. The molecule has 0 spiro atoms. The second-order valence-electron chi connectivity index (χ2n) is 5.79. The molecule has 2 aliphatic heterocycles. The van der Waals surface area contributed by atoms with Crippen LogP contribution in [0.1, 0.15) is 35.4 Å². The first-order valence-electron chi connectivity index (χ1n) is 7.34. The number of hydrogen-bond acceptors (Lipinski definition) is 5. The van der Waals surface area contributed by atoms with Crippen LogP contribution in [0, 0.1) is 0 Å². The van der Waals surface area contributed by atoms with E-state index in [0.29, 0.717) is 22.7 Å². The SMILES string of the molecule is Cl.Cl.O=C(NC1CC2CCC(C1)N2)c1cnc(-c2ccco2)s1. The van der Waals surface area contributed by atoms with Gasteiger partial charge in [0.05, 0.1) is 12.5 Å². The molecule has 4 heterocycles. The third kappa shape index (κ3) is 3.88. The summed E-state index contributed by atoms with van der Waals surface area (Å²) in [7, 11) is 0. The van der Waals surface area contributed by atoms with Gasteiger partial charge in [0.15, 0.2) is 10.8 Å². The first-order chi connectivity index (χ1) is 10.3. The first kappa shape index (κ1) is 18.3. The van der Waals surface area contributed by atoms with E-state index >= 15 is 0 Å². The lowest BCUT2D eigenvalue weighted by Gasteiger charge is -2.29. The summed E-state index contributed by atoms with van der Waals surface area (Å²) in [4.78, 5) is 17.3. The molecule has 0 aromatic carbocycles. The molecule has 2 aromatic heterocycles. The number of furan rings is 1. The number of aromatic nitrogens is 1. The zero-order valence-electron chi connectivity index (χ0n) is 12.4. The van der Waals surface area contributed by atoms with Crippen LogP contribution in [0.15, 0.2) is 29.0 Å². The molecule has 126 valence electrons. The van der Waals surface area contributed by atoms with Crippen molar-refractivity contribution in [1.82, 2.24) is 15.6 Å². The van der Waals surface area contributed by atoms with Gasteiger partial charge in [-0.1, -0.05) is 0 Å². The number of halogens is 2. The first-order valence-corrected chi connectivity index (χ1v) is 8.16. The van der Waals surface area contributed by atoms with E-state index in [0.717, 1.165) is 17.8 Å². The Bertz CT molecular complexity index is 635. The third-order valence-corrected chi connectivity index (χ3v) is 5.28. The van der Waals surface area contributed by atoms with Crippen molar-refractivity contribution in [1.29, 1.82) is 0 Å². The highest BCUT2D eigenvalue weighted by Gasteiger charge is 2.34. The van der Waals surface area contributed by atoms with Crippen molar-refractivity contribution in [3.05, 3.63) is 29.5 Å². The van der Waals surface area contributed by atoms with Crippen LogP contribution < -0.4 is 10.6 Å². The maximum Gasteiger partial charge on any atom is 0.263 e. The minimum absolute atomic E-state index is 0. The summed E-state index contributed by atoms with van der Waals surface area (Å²) in [6.45, 7) is 0. The minimum Gasteiger partial charge on any atom is -0.462 e. The topological polar surface area (TPSA) is 67.2 Å². The highest BCUT2D eigenvalue weighted by molar-refractivity contribution is 7.16. The number of thiazole rings is 1. The van der Waals surface area contributed by atoms with Gasteiger partial charge in [0.1, 0.15) is 4.88 Å². The van der Waals surface area contributed by atoms with Gasteiger partial charge in [-0.2, -0.15) is 0 Å².